The molecule has 0 aromatic heterocycles. The van der Waals surface area contributed by atoms with E-state index in [1.807, 2.05) is 12.1 Å². The summed E-state index contributed by atoms with van der Waals surface area (Å²) in [6, 6.07) is 37.9. The summed E-state index contributed by atoms with van der Waals surface area (Å²) in [4.78, 5) is 0. The SMILES string of the molecule is Cc1ccc(O)c([PH](c2ccccc2)(c2ccccc2)c2ccccc2)c1. The van der Waals surface area contributed by atoms with Crippen LogP contribution in [0.5, 0.6) is 5.75 Å². The fourth-order valence-electron chi connectivity index (χ4n) is 3.98. The second-order valence-electron chi connectivity index (χ2n) is 6.87. The molecule has 1 nitrogen and oxygen atoms in total. The molecule has 0 atom stereocenters. The van der Waals surface area contributed by atoms with Gasteiger partial charge >= 0.3 is 161 Å². The number of aryl methyl sites for hydroxylation is 1. The molecule has 0 amide bonds. The van der Waals surface area contributed by atoms with E-state index in [9.17, 15) is 5.11 Å². The van der Waals surface area contributed by atoms with Crippen LogP contribution in [0, 0.1) is 6.92 Å². The Morgan fingerprint density at radius 1 is 0.556 bits per heavy atom. The van der Waals surface area contributed by atoms with Gasteiger partial charge in [0.1, 0.15) is 0 Å². The van der Waals surface area contributed by atoms with E-state index in [0.29, 0.717) is 5.75 Å². The van der Waals surface area contributed by atoms with Crippen molar-refractivity contribution in [2.45, 2.75) is 6.92 Å². The van der Waals surface area contributed by atoms with Crippen LogP contribution in [0.2, 0.25) is 0 Å². The van der Waals surface area contributed by atoms with Crippen LogP contribution in [-0.4, -0.2) is 5.11 Å². The Labute approximate surface area is 161 Å². The van der Waals surface area contributed by atoms with Gasteiger partial charge in [-0.05, 0) is 0 Å². The van der Waals surface area contributed by atoms with E-state index in [1.54, 1.807) is 0 Å². The summed E-state index contributed by atoms with van der Waals surface area (Å²) >= 11 is 0. The van der Waals surface area contributed by atoms with E-state index in [-0.39, 0.29) is 0 Å². The molecular weight excluding hydrogens is 347 g/mol. The average molecular weight is 370 g/mol. The Hall–Kier alpha value is -2.89. The number of benzene rings is 4. The third-order valence-electron chi connectivity index (χ3n) is 5.18. The van der Waals surface area contributed by atoms with Crippen molar-refractivity contribution in [3.05, 3.63) is 115 Å². The van der Waals surface area contributed by atoms with Crippen LogP contribution in [0.4, 0.5) is 0 Å². The molecule has 134 valence electrons. The first-order valence-electron chi connectivity index (χ1n) is 9.19. The van der Waals surface area contributed by atoms with Crippen molar-refractivity contribution in [2.75, 3.05) is 0 Å². The van der Waals surface area contributed by atoms with Crippen LogP contribution in [0.25, 0.3) is 0 Å². The molecular formula is C25H23OP. The molecule has 27 heavy (non-hydrogen) atoms. The van der Waals surface area contributed by atoms with E-state index in [0.717, 1.165) is 10.9 Å². The van der Waals surface area contributed by atoms with Gasteiger partial charge in [0.15, 0.2) is 0 Å². The monoisotopic (exact) mass is 370 g/mol. The van der Waals surface area contributed by atoms with Gasteiger partial charge in [0.2, 0.25) is 0 Å². The topological polar surface area (TPSA) is 20.2 Å². The molecule has 0 aliphatic carbocycles. The van der Waals surface area contributed by atoms with Gasteiger partial charge in [0.25, 0.3) is 0 Å². The molecule has 4 aromatic carbocycles. The molecule has 1 N–H and O–H groups in total. The molecule has 4 aromatic rings. The number of phenolic OH excluding ortho intramolecular Hbond substituents is 1. The standard InChI is InChI=1S/C25H23OP/c1-20-17-18-24(26)25(19-20)27(21-11-5-2-6-12-21,22-13-7-3-8-14-22)23-15-9-4-10-16-23/h2-19,26-27H,1H3. The van der Waals surface area contributed by atoms with Crippen molar-refractivity contribution in [1.82, 2.24) is 0 Å². The van der Waals surface area contributed by atoms with E-state index in [1.165, 1.54) is 15.9 Å². The predicted molar refractivity (Wildman–Crippen MR) is 119 cm³/mol. The number of rotatable bonds is 4. The predicted octanol–water partition coefficient (Wildman–Crippen LogP) is 4.05. The van der Waals surface area contributed by atoms with E-state index < -0.39 is 7.26 Å². The summed E-state index contributed by atoms with van der Waals surface area (Å²) in [5.41, 5.74) is 1.16. The molecule has 0 aliphatic rings. The Bertz CT molecular complexity index is 931. The Balaban J connectivity index is 2.18. The minimum absolute atomic E-state index is 0.365. The van der Waals surface area contributed by atoms with Crippen molar-refractivity contribution < 1.29 is 5.11 Å². The van der Waals surface area contributed by atoms with Crippen molar-refractivity contribution in [1.29, 1.82) is 0 Å². The fourth-order valence-corrected chi connectivity index (χ4v) is 8.90. The summed E-state index contributed by atoms with van der Waals surface area (Å²) in [6.45, 7) is 2.09. The molecule has 0 saturated carbocycles. The van der Waals surface area contributed by atoms with Gasteiger partial charge in [0, 0.05) is 0 Å². The summed E-state index contributed by atoms with van der Waals surface area (Å²) in [6.07, 6.45) is 0. The Kier molecular flexibility index (Phi) is 4.79. The normalized spacial score (nSPS) is 11.9. The van der Waals surface area contributed by atoms with Crippen molar-refractivity contribution in [3.63, 3.8) is 0 Å². The first-order valence-corrected chi connectivity index (χ1v) is 11.2. The van der Waals surface area contributed by atoms with E-state index in [2.05, 4.69) is 104 Å². The van der Waals surface area contributed by atoms with Gasteiger partial charge < -0.3 is 0 Å². The van der Waals surface area contributed by atoms with Crippen LogP contribution in [0.1, 0.15) is 5.56 Å². The van der Waals surface area contributed by atoms with Gasteiger partial charge in [0.05, 0.1) is 0 Å². The summed E-state index contributed by atoms with van der Waals surface area (Å²) in [7, 11) is -2.63. The molecule has 0 bridgehead atoms. The second kappa shape index (κ2) is 7.39. The number of aromatic hydroxyl groups is 1. The van der Waals surface area contributed by atoms with Crippen LogP contribution in [0.15, 0.2) is 109 Å². The molecule has 0 fully saturated rings. The fraction of sp³-hybridized carbons (Fsp3) is 0.0400. The molecule has 4 rings (SSSR count). The first kappa shape index (κ1) is 17.5. The quantitative estimate of drug-likeness (QED) is 0.538. The van der Waals surface area contributed by atoms with Crippen molar-refractivity contribution >= 4 is 28.5 Å². The van der Waals surface area contributed by atoms with Gasteiger partial charge in [-0.1, -0.05) is 0 Å². The zero-order valence-corrected chi connectivity index (χ0v) is 16.3. The van der Waals surface area contributed by atoms with Crippen molar-refractivity contribution in [2.24, 2.45) is 0 Å². The number of hydrogen-bond acceptors (Lipinski definition) is 1. The van der Waals surface area contributed by atoms with Gasteiger partial charge in [-0.3, -0.25) is 0 Å². The number of phenols is 1. The molecule has 2 heteroatoms. The maximum absolute atomic E-state index is 11.0. The summed E-state index contributed by atoms with van der Waals surface area (Å²) in [5, 5.41) is 15.8. The van der Waals surface area contributed by atoms with E-state index in [4.69, 9.17) is 0 Å². The average Bonchev–Trinajstić information content (AvgIpc) is 2.73. The summed E-state index contributed by atoms with van der Waals surface area (Å²) < 4.78 is 0. The first-order chi connectivity index (χ1) is 13.2. The van der Waals surface area contributed by atoms with Crippen LogP contribution in [-0.2, 0) is 0 Å². The molecule has 0 aliphatic heterocycles. The third-order valence-corrected chi connectivity index (χ3v) is 9.98. The minimum atomic E-state index is -2.63. The Morgan fingerprint density at radius 2 is 0.963 bits per heavy atom. The molecule has 0 saturated heterocycles. The number of hydrogen-bond donors (Lipinski definition) is 1. The van der Waals surface area contributed by atoms with Crippen LogP contribution < -0.4 is 21.2 Å². The van der Waals surface area contributed by atoms with Crippen LogP contribution >= 0.6 is 7.26 Å². The molecule has 0 unspecified atom stereocenters. The Morgan fingerprint density at radius 3 is 1.37 bits per heavy atom. The van der Waals surface area contributed by atoms with Crippen LogP contribution in [0.3, 0.4) is 0 Å². The zero-order valence-electron chi connectivity index (χ0n) is 15.3. The van der Waals surface area contributed by atoms with Crippen molar-refractivity contribution in [3.8, 4) is 5.75 Å². The second-order valence-corrected chi connectivity index (χ2v) is 10.6. The van der Waals surface area contributed by atoms with Gasteiger partial charge in [-0.2, -0.15) is 0 Å². The maximum atomic E-state index is 11.0. The molecule has 0 heterocycles. The molecule has 0 spiro atoms. The summed E-state index contributed by atoms with van der Waals surface area (Å²) in [5.74, 6) is 0.365. The molecule has 0 radical (unpaired) electrons. The van der Waals surface area contributed by atoms with Gasteiger partial charge in [-0.15, -0.1) is 0 Å². The zero-order chi connectivity index (χ0) is 18.7. The third kappa shape index (κ3) is 3.05. The van der Waals surface area contributed by atoms with Gasteiger partial charge in [-0.25, -0.2) is 0 Å². The van der Waals surface area contributed by atoms with E-state index >= 15 is 0 Å².